The quantitative estimate of drug-likeness (QED) is 0.580. The fourth-order valence-corrected chi connectivity index (χ4v) is 3.37. The number of nitrogens with one attached hydrogen (secondary N) is 1. The van der Waals surface area contributed by atoms with Gasteiger partial charge in [0.05, 0.1) is 0 Å². The van der Waals surface area contributed by atoms with Gasteiger partial charge >= 0.3 is 0 Å². The number of ether oxygens (including phenoxy) is 1. The zero-order chi connectivity index (χ0) is 21.8. The molecule has 30 heavy (non-hydrogen) atoms. The van der Waals surface area contributed by atoms with E-state index in [1.165, 1.54) is 6.08 Å². The lowest BCUT2D eigenvalue weighted by molar-refractivity contribution is -0.111. The van der Waals surface area contributed by atoms with Crippen LogP contribution in [-0.4, -0.2) is 10.5 Å². The van der Waals surface area contributed by atoms with E-state index in [0.29, 0.717) is 23.4 Å². The molecule has 0 saturated heterocycles. The lowest BCUT2D eigenvalue weighted by Gasteiger charge is -2.17. The maximum atomic E-state index is 12.4. The molecule has 3 aromatic rings. The molecular weight excluding hydrogens is 376 g/mol. The molecule has 2 aromatic carbocycles. The third-order valence-electron chi connectivity index (χ3n) is 5.00. The number of pyridine rings is 1. The molecule has 0 atom stereocenters. The Labute approximate surface area is 176 Å². The first kappa shape index (κ1) is 21.1. The van der Waals surface area contributed by atoms with E-state index in [2.05, 4.69) is 11.9 Å². The van der Waals surface area contributed by atoms with Gasteiger partial charge in [-0.3, -0.25) is 9.59 Å². The Bertz CT molecular complexity index is 1160. The van der Waals surface area contributed by atoms with E-state index < -0.39 is 0 Å². The third kappa shape index (κ3) is 4.35. The SMILES string of the molecule is C=CC(=O)Nc1ccc(Oc2c(C)cccc2C)c(-c2cc(CC)c(=O)n(C)c2)c1. The molecule has 0 radical (unpaired) electrons. The van der Waals surface area contributed by atoms with Crippen molar-refractivity contribution < 1.29 is 9.53 Å². The molecule has 5 nitrogen and oxygen atoms in total. The highest BCUT2D eigenvalue weighted by Gasteiger charge is 2.14. The molecular formula is C25H26N2O3. The Kier molecular flexibility index (Phi) is 6.21. The summed E-state index contributed by atoms with van der Waals surface area (Å²) in [6.45, 7) is 9.46. The minimum absolute atomic E-state index is 0.0189. The Morgan fingerprint density at radius 2 is 1.87 bits per heavy atom. The minimum atomic E-state index is -0.293. The first-order valence-corrected chi connectivity index (χ1v) is 9.85. The first-order valence-electron chi connectivity index (χ1n) is 9.85. The first-order chi connectivity index (χ1) is 14.3. The summed E-state index contributed by atoms with van der Waals surface area (Å²) in [5, 5.41) is 2.79. The van der Waals surface area contributed by atoms with Crippen molar-refractivity contribution in [1.82, 2.24) is 4.57 Å². The van der Waals surface area contributed by atoms with E-state index in [0.717, 1.165) is 28.0 Å². The highest BCUT2D eigenvalue weighted by Crippen LogP contribution is 2.37. The predicted octanol–water partition coefficient (Wildman–Crippen LogP) is 5.15. The van der Waals surface area contributed by atoms with Crippen LogP contribution in [0.5, 0.6) is 11.5 Å². The Morgan fingerprint density at radius 3 is 2.50 bits per heavy atom. The molecule has 0 aliphatic rings. The highest BCUT2D eigenvalue weighted by molar-refractivity contribution is 5.99. The second-order valence-corrected chi connectivity index (χ2v) is 7.25. The van der Waals surface area contributed by atoms with Gasteiger partial charge in [-0.15, -0.1) is 0 Å². The van der Waals surface area contributed by atoms with Crippen molar-refractivity contribution in [3.63, 3.8) is 0 Å². The van der Waals surface area contributed by atoms with Crippen LogP contribution >= 0.6 is 0 Å². The molecule has 1 heterocycles. The van der Waals surface area contributed by atoms with Crippen molar-refractivity contribution in [2.45, 2.75) is 27.2 Å². The summed E-state index contributed by atoms with van der Waals surface area (Å²) in [7, 11) is 1.74. The summed E-state index contributed by atoms with van der Waals surface area (Å²) in [6, 6.07) is 13.3. The predicted molar refractivity (Wildman–Crippen MR) is 121 cm³/mol. The topological polar surface area (TPSA) is 60.3 Å². The molecule has 5 heteroatoms. The average molecular weight is 402 g/mol. The van der Waals surface area contributed by atoms with Gasteiger partial charge in [0.15, 0.2) is 0 Å². The van der Waals surface area contributed by atoms with Crippen molar-refractivity contribution in [1.29, 1.82) is 0 Å². The van der Waals surface area contributed by atoms with Crippen molar-refractivity contribution in [2.24, 2.45) is 7.05 Å². The minimum Gasteiger partial charge on any atom is -0.456 e. The van der Waals surface area contributed by atoms with Crippen molar-refractivity contribution in [2.75, 3.05) is 5.32 Å². The number of aryl methyl sites for hydroxylation is 4. The van der Waals surface area contributed by atoms with Crippen LogP contribution in [0.25, 0.3) is 11.1 Å². The number of benzene rings is 2. The van der Waals surface area contributed by atoms with Crippen LogP contribution in [0.4, 0.5) is 5.69 Å². The second-order valence-electron chi connectivity index (χ2n) is 7.25. The van der Waals surface area contributed by atoms with Crippen molar-refractivity contribution in [3.8, 4) is 22.6 Å². The second kappa shape index (κ2) is 8.82. The highest BCUT2D eigenvalue weighted by atomic mass is 16.5. The summed E-state index contributed by atoms with van der Waals surface area (Å²) in [5.41, 5.74) is 4.99. The van der Waals surface area contributed by atoms with E-state index in [4.69, 9.17) is 4.74 Å². The van der Waals surface area contributed by atoms with Crippen LogP contribution in [0.15, 0.2) is 66.1 Å². The number of hydrogen-bond donors (Lipinski definition) is 1. The lowest BCUT2D eigenvalue weighted by Crippen LogP contribution is -2.20. The molecule has 0 saturated carbocycles. The van der Waals surface area contributed by atoms with Crippen LogP contribution in [0.1, 0.15) is 23.6 Å². The standard InChI is InChI=1S/C25H26N2O3/c1-6-18-13-19(15-27(5)25(18)29)21-14-20(26-23(28)7-2)11-12-22(21)30-24-16(3)9-8-10-17(24)4/h7-15H,2,6H2,1,3-5H3,(H,26,28). The summed E-state index contributed by atoms with van der Waals surface area (Å²) >= 11 is 0. The van der Waals surface area contributed by atoms with Gasteiger partial charge in [0.25, 0.3) is 5.56 Å². The number of anilines is 1. The maximum Gasteiger partial charge on any atom is 0.253 e. The molecule has 0 aliphatic carbocycles. The Balaban J connectivity index is 2.18. The average Bonchev–Trinajstić information content (AvgIpc) is 2.73. The van der Waals surface area contributed by atoms with Gasteiger partial charge in [0, 0.05) is 35.6 Å². The molecule has 0 unspecified atom stereocenters. The summed E-state index contributed by atoms with van der Waals surface area (Å²) in [4.78, 5) is 24.2. The Hall–Kier alpha value is -3.60. The normalized spacial score (nSPS) is 10.5. The van der Waals surface area contributed by atoms with Crippen molar-refractivity contribution >= 4 is 11.6 Å². The van der Waals surface area contributed by atoms with Crippen LogP contribution < -0.4 is 15.6 Å². The Morgan fingerprint density at radius 1 is 1.17 bits per heavy atom. The van der Waals surface area contributed by atoms with E-state index in [1.807, 2.05) is 57.2 Å². The molecule has 0 spiro atoms. The van der Waals surface area contributed by atoms with Gasteiger partial charge in [-0.1, -0.05) is 31.7 Å². The molecule has 154 valence electrons. The van der Waals surface area contributed by atoms with E-state index in [9.17, 15) is 9.59 Å². The number of para-hydroxylation sites is 1. The van der Waals surface area contributed by atoms with E-state index in [1.54, 1.807) is 23.9 Å². The summed E-state index contributed by atoms with van der Waals surface area (Å²) in [5.74, 6) is 1.14. The fraction of sp³-hybridized carbons (Fsp3) is 0.200. The molecule has 1 aromatic heterocycles. The number of carbonyl (C=O) groups excluding carboxylic acids is 1. The largest absolute Gasteiger partial charge is 0.456 e. The molecule has 1 amide bonds. The van der Waals surface area contributed by atoms with Gasteiger partial charge in [-0.25, -0.2) is 0 Å². The van der Waals surface area contributed by atoms with E-state index >= 15 is 0 Å². The fourth-order valence-electron chi connectivity index (χ4n) is 3.37. The van der Waals surface area contributed by atoms with Gasteiger partial charge < -0.3 is 14.6 Å². The smallest absolute Gasteiger partial charge is 0.253 e. The van der Waals surface area contributed by atoms with Gasteiger partial charge in [0.2, 0.25) is 5.91 Å². The van der Waals surface area contributed by atoms with Crippen LogP contribution in [0.2, 0.25) is 0 Å². The molecule has 1 N–H and O–H groups in total. The number of hydrogen-bond acceptors (Lipinski definition) is 3. The summed E-state index contributed by atoms with van der Waals surface area (Å²) < 4.78 is 7.91. The summed E-state index contributed by atoms with van der Waals surface area (Å²) in [6.07, 6.45) is 3.64. The van der Waals surface area contributed by atoms with Crippen molar-refractivity contribution in [3.05, 3.63) is 88.4 Å². The molecule has 0 fully saturated rings. The monoisotopic (exact) mass is 402 g/mol. The van der Waals surface area contributed by atoms with Crippen LogP contribution in [0, 0.1) is 13.8 Å². The van der Waals surface area contributed by atoms with Crippen LogP contribution in [0.3, 0.4) is 0 Å². The van der Waals surface area contributed by atoms with Crippen LogP contribution in [-0.2, 0) is 18.3 Å². The maximum absolute atomic E-state index is 12.4. The number of carbonyl (C=O) groups is 1. The third-order valence-corrected chi connectivity index (χ3v) is 5.00. The lowest BCUT2D eigenvalue weighted by atomic mass is 10.0. The van der Waals surface area contributed by atoms with Gasteiger partial charge in [-0.2, -0.15) is 0 Å². The molecule has 0 aliphatic heterocycles. The zero-order valence-corrected chi connectivity index (χ0v) is 17.8. The number of amides is 1. The van der Waals surface area contributed by atoms with Gasteiger partial charge in [-0.05, 0) is 61.7 Å². The molecule has 0 bridgehead atoms. The van der Waals surface area contributed by atoms with E-state index in [-0.39, 0.29) is 11.5 Å². The zero-order valence-electron chi connectivity index (χ0n) is 17.8. The number of rotatable bonds is 6. The number of aromatic nitrogens is 1. The van der Waals surface area contributed by atoms with Gasteiger partial charge in [0.1, 0.15) is 11.5 Å². The number of nitrogens with zero attached hydrogens (tertiary/aromatic N) is 1. The molecule has 3 rings (SSSR count).